The highest BCUT2D eigenvalue weighted by atomic mass is 19.1. The third-order valence-corrected chi connectivity index (χ3v) is 3.04. The monoisotopic (exact) mass is 296 g/mol. The summed E-state index contributed by atoms with van der Waals surface area (Å²) in [6.07, 6.45) is 2.26. The number of carboxylic acids is 1. The zero-order valence-corrected chi connectivity index (χ0v) is 12.1. The molecule has 1 rings (SSSR count). The molecule has 21 heavy (non-hydrogen) atoms. The van der Waals surface area contributed by atoms with Crippen molar-refractivity contribution in [3.8, 4) is 0 Å². The van der Waals surface area contributed by atoms with Gasteiger partial charge in [-0.1, -0.05) is 6.42 Å². The van der Waals surface area contributed by atoms with Gasteiger partial charge < -0.3 is 10.4 Å². The van der Waals surface area contributed by atoms with Crippen molar-refractivity contribution >= 4 is 17.7 Å². The standard InChI is InChI=1S/C15H21FN2O3/c1-2-18(13-9-7-12(16)8-10-13)15(21)17-11-5-3-4-6-14(19)20/h7-10H,2-6,11H2,1H3,(H,17,21)(H,19,20). The van der Waals surface area contributed by atoms with E-state index in [0.717, 1.165) is 12.8 Å². The van der Waals surface area contributed by atoms with E-state index in [1.165, 1.54) is 17.0 Å². The quantitative estimate of drug-likeness (QED) is 0.724. The van der Waals surface area contributed by atoms with Gasteiger partial charge >= 0.3 is 12.0 Å². The van der Waals surface area contributed by atoms with Crippen LogP contribution >= 0.6 is 0 Å². The number of carbonyl (C=O) groups excluding carboxylic acids is 1. The Labute approximate surface area is 123 Å². The number of benzene rings is 1. The fourth-order valence-corrected chi connectivity index (χ4v) is 1.93. The van der Waals surface area contributed by atoms with E-state index in [1.807, 2.05) is 6.92 Å². The van der Waals surface area contributed by atoms with Gasteiger partial charge in [0.2, 0.25) is 0 Å². The summed E-state index contributed by atoms with van der Waals surface area (Å²) in [5.41, 5.74) is 0.641. The third-order valence-electron chi connectivity index (χ3n) is 3.04. The number of carboxylic acid groups (broad SMARTS) is 1. The fourth-order valence-electron chi connectivity index (χ4n) is 1.93. The second kappa shape index (κ2) is 8.94. The minimum Gasteiger partial charge on any atom is -0.481 e. The molecule has 2 N–H and O–H groups in total. The fraction of sp³-hybridized carbons (Fsp3) is 0.467. The number of carbonyl (C=O) groups is 2. The van der Waals surface area contributed by atoms with E-state index in [4.69, 9.17) is 5.11 Å². The van der Waals surface area contributed by atoms with Crippen molar-refractivity contribution in [2.75, 3.05) is 18.0 Å². The number of aliphatic carboxylic acids is 1. The first kappa shape index (κ1) is 16.9. The molecule has 116 valence electrons. The molecule has 0 aliphatic heterocycles. The van der Waals surface area contributed by atoms with Crippen molar-refractivity contribution in [3.05, 3.63) is 30.1 Å². The summed E-state index contributed by atoms with van der Waals surface area (Å²) in [4.78, 5) is 23.9. The van der Waals surface area contributed by atoms with Gasteiger partial charge in [0.1, 0.15) is 5.82 Å². The first-order chi connectivity index (χ1) is 10.0. The Kier molecular flexibility index (Phi) is 7.21. The average molecular weight is 296 g/mol. The van der Waals surface area contributed by atoms with E-state index in [0.29, 0.717) is 25.2 Å². The molecule has 0 aromatic heterocycles. The summed E-state index contributed by atoms with van der Waals surface area (Å²) in [6.45, 7) is 2.82. The Morgan fingerprint density at radius 1 is 1.19 bits per heavy atom. The van der Waals surface area contributed by atoms with E-state index in [2.05, 4.69) is 5.32 Å². The number of hydrogen-bond acceptors (Lipinski definition) is 2. The van der Waals surface area contributed by atoms with E-state index < -0.39 is 5.97 Å². The zero-order valence-electron chi connectivity index (χ0n) is 12.1. The number of rotatable bonds is 8. The van der Waals surface area contributed by atoms with Crippen LogP contribution in [0.4, 0.5) is 14.9 Å². The highest BCUT2D eigenvalue weighted by Gasteiger charge is 2.12. The van der Waals surface area contributed by atoms with Crippen LogP contribution in [0, 0.1) is 5.82 Å². The summed E-state index contributed by atoms with van der Waals surface area (Å²) < 4.78 is 12.9. The van der Waals surface area contributed by atoms with E-state index in [9.17, 15) is 14.0 Å². The summed E-state index contributed by atoms with van der Waals surface area (Å²) >= 11 is 0. The normalized spacial score (nSPS) is 10.2. The van der Waals surface area contributed by atoms with Gasteiger partial charge in [0.25, 0.3) is 0 Å². The SMILES string of the molecule is CCN(C(=O)NCCCCCC(=O)O)c1ccc(F)cc1. The predicted molar refractivity (Wildman–Crippen MR) is 78.9 cm³/mol. The number of nitrogens with zero attached hydrogens (tertiary/aromatic N) is 1. The minimum atomic E-state index is -0.799. The van der Waals surface area contributed by atoms with Crippen LogP contribution < -0.4 is 10.2 Å². The van der Waals surface area contributed by atoms with Crippen molar-refractivity contribution in [1.29, 1.82) is 0 Å². The van der Waals surface area contributed by atoms with Gasteiger partial charge in [-0.25, -0.2) is 9.18 Å². The first-order valence-electron chi connectivity index (χ1n) is 7.07. The average Bonchev–Trinajstić information content (AvgIpc) is 2.45. The number of halogens is 1. The number of urea groups is 1. The molecular formula is C15H21FN2O3. The molecule has 0 spiro atoms. The lowest BCUT2D eigenvalue weighted by molar-refractivity contribution is -0.137. The summed E-state index contributed by atoms with van der Waals surface area (Å²) in [6, 6.07) is 5.52. The molecule has 0 atom stereocenters. The molecule has 0 heterocycles. The van der Waals surface area contributed by atoms with E-state index in [-0.39, 0.29) is 18.3 Å². The Bertz CT molecular complexity index is 462. The molecule has 0 saturated carbocycles. The van der Waals surface area contributed by atoms with Gasteiger partial charge in [-0.15, -0.1) is 0 Å². The molecule has 0 saturated heterocycles. The van der Waals surface area contributed by atoms with E-state index in [1.54, 1.807) is 12.1 Å². The van der Waals surface area contributed by atoms with Gasteiger partial charge in [0.15, 0.2) is 0 Å². The maximum atomic E-state index is 12.9. The molecule has 2 amide bonds. The smallest absolute Gasteiger partial charge is 0.321 e. The molecule has 0 radical (unpaired) electrons. The van der Waals surface area contributed by atoms with Crippen molar-refractivity contribution in [2.24, 2.45) is 0 Å². The summed E-state index contributed by atoms with van der Waals surface area (Å²) in [7, 11) is 0. The van der Waals surface area contributed by atoms with Crippen molar-refractivity contribution in [2.45, 2.75) is 32.6 Å². The number of amides is 2. The molecule has 0 aliphatic carbocycles. The largest absolute Gasteiger partial charge is 0.481 e. The second-order valence-electron chi connectivity index (χ2n) is 4.66. The van der Waals surface area contributed by atoms with Crippen LogP contribution in [-0.2, 0) is 4.79 Å². The highest BCUT2D eigenvalue weighted by Crippen LogP contribution is 2.14. The first-order valence-corrected chi connectivity index (χ1v) is 7.07. The summed E-state index contributed by atoms with van der Waals surface area (Å²) in [5, 5.41) is 11.3. The predicted octanol–water partition coefficient (Wildman–Crippen LogP) is 3.01. The van der Waals surface area contributed by atoms with Gasteiger partial charge in [-0.05, 0) is 44.0 Å². The molecule has 1 aromatic rings. The lowest BCUT2D eigenvalue weighted by Gasteiger charge is -2.21. The molecule has 5 nitrogen and oxygen atoms in total. The minimum absolute atomic E-state index is 0.157. The molecule has 0 unspecified atom stereocenters. The highest BCUT2D eigenvalue weighted by molar-refractivity contribution is 5.91. The maximum absolute atomic E-state index is 12.9. The van der Waals surface area contributed by atoms with Crippen LogP contribution in [0.3, 0.4) is 0 Å². The Morgan fingerprint density at radius 2 is 1.86 bits per heavy atom. The molecule has 0 aliphatic rings. The van der Waals surface area contributed by atoms with Crippen LogP contribution in [0.1, 0.15) is 32.6 Å². The number of unbranched alkanes of at least 4 members (excludes halogenated alkanes) is 2. The molecule has 0 fully saturated rings. The van der Waals surface area contributed by atoms with Crippen molar-refractivity contribution in [1.82, 2.24) is 5.32 Å². The number of hydrogen-bond donors (Lipinski definition) is 2. The Hall–Kier alpha value is -2.11. The summed E-state index contributed by atoms with van der Waals surface area (Å²) in [5.74, 6) is -1.14. The third kappa shape index (κ3) is 6.25. The number of anilines is 1. The lowest BCUT2D eigenvalue weighted by Crippen LogP contribution is -2.40. The van der Waals surface area contributed by atoms with Gasteiger partial charge in [-0.2, -0.15) is 0 Å². The van der Waals surface area contributed by atoms with Crippen LogP contribution in [0.2, 0.25) is 0 Å². The molecular weight excluding hydrogens is 275 g/mol. The Morgan fingerprint density at radius 3 is 2.43 bits per heavy atom. The van der Waals surface area contributed by atoms with Crippen LogP contribution in [0.5, 0.6) is 0 Å². The topological polar surface area (TPSA) is 69.6 Å². The van der Waals surface area contributed by atoms with E-state index >= 15 is 0 Å². The second-order valence-corrected chi connectivity index (χ2v) is 4.66. The van der Waals surface area contributed by atoms with Crippen LogP contribution in [0.15, 0.2) is 24.3 Å². The zero-order chi connectivity index (χ0) is 15.7. The van der Waals surface area contributed by atoms with Crippen molar-refractivity contribution in [3.63, 3.8) is 0 Å². The van der Waals surface area contributed by atoms with Crippen LogP contribution in [0.25, 0.3) is 0 Å². The van der Waals surface area contributed by atoms with Crippen LogP contribution in [-0.4, -0.2) is 30.2 Å². The molecule has 0 bridgehead atoms. The maximum Gasteiger partial charge on any atom is 0.321 e. The molecule has 1 aromatic carbocycles. The lowest BCUT2D eigenvalue weighted by atomic mass is 10.2. The molecule has 6 heteroatoms. The number of nitrogens with one attached hydrogen (secondary N) is 1. The van der Waals surface area contributed by atoms with Gasteiger partial charge in [-0.3, -0.25) is 9.69 Å². The van der Waals surface area contributed by atoms with Crippen molar-refractivity contribution < 1.29 is 19.1 Å². The van der Waals surface area contributed by atoms with Gasteiger partial charge in [0.05, 0.1) is 0 Å². The Balaban J connectivity index is 2.35. The van der Waals surface area contributed by atoms with Gasteiger partial charge in [0, 0.05) is 25.2 Å².